The predicted molar refractivity (Wildman–Crippen MR) is 185 cm³/mol. The van der Waals surface area contributed by atoms with E-state index < -0.39 is 0 Å². The molecular weight excluding hydrogens is 586 g/mol. The lowest BCUT2D eigenvalue weighted by Crippen LogP contribution is -2.48. The molecule has 0 aromatic heterocycles. The number of hydrogen-bond donors (Lipinski definition) is 3. The molecule has 3 aliphatic heterocycles. The number of rotatable bonds is 11. The fraction of sp³-hybridized carbons (Fsp3) is 0.882. The fourth-order valence-corrected chi connectivity index (χ4v) is 6.38. The lowest BCUT2D eigenvalue weighted by Gasteiger charge is -2.30. The number of hydrogen-bond acceptors (Lipinski definition) is 9. The van der Waals surface area contributed by atoms with Gasteiger partial charge in [-0.25, -0.2) is 0 Å². The van der Waals surface area contributed by atoms with Gasteiger partial charge in [0, 0.05) is 44.9 Å². The summed E-state index contributed by atoms with van der Waals surface area (Å²) in [5.74, 6) is 0.610. The number of carbonyl (C=O) groups is 4. The van der Waals surface area contributed by atoms with E-state index in [1.54, 1.807) is 19.1 Å². The molecule has 3 saturated heterocycles. The molecule has 3 N–H and O–H groups in total. The van der Waals surface area contributed by atoms with Gasteiger partial charge < -0.3 is 40.3 Å². The maximum atomic E-state index is 12.2. The van der Waals surface area contributed by atoms with Gasteiger partial charge in [-0.15, -0.1) is 0 Å². The molecule has 0 radical (unpaired) electrons. The third-order valence-electron chi connectivity index (χ3n) is 9.45. The van der Waals surface area contributed by atoms with E-state index in [4.69, 9.17) is 4.74 Å². The highest BCUT2D eigenvalue weighted by atomic mass is 16.5. The van der Waals surface area contributed by atoms with Crippen LogP contribution in [0.5, 0.6) is 0 Å². The molecule has 3 aliphatic rings. The summed E-state index contributed by atoms with van der Waals surface area (Å²) in [5.41, 5.74) is 0. The number of nitrogens with one attached hydrogen (secondary N) is 3. The molecule has 0 aromatic carbocycles. The van der Waals surface area contributed by atoms with E-state index in [-0.39, 0.29) is 54.2 Å². The van der Waals surface area contributed by atoms with E-state index >= 15 is 0 Å². The molecule has 3 fully saturated rings. The zero-order valence-electron chi connectivity index (χ0n) is 30.7. The molecule has 12 nitrogen and oxygen atoms in total. The van der Waals surface area contributed by atoms with Crippen molar-refractivity contribution in [1.29, 1.82) is 0 Å². The highest BCUT2D eigenvalue weighted by Crippen LogP contribution is 2.19. The fourth-order valence-electron chi connectivity index (χ4n) is 6.38. The number of likely N-dealkylation sites (N-methyl/N-ethyl adjacent to an activating group) is 4. The zero-order chi connectivity index (χ0) is 34.8. The summed E-state index contributed by atoms with van der Waals surface area (Å²) in [7, 11) is 11.3. The number of ether oxygens (including phenoxy) is 1. The second-order valence-corrected chi connectivity index (χ2v) is 13.4. The second kappa shape index (κ2) is 22.4. The van der Waals surface area contributed by atoms with Gasteiger partial charge in [-0.3, -0.25) is 19.2 Å². The number of amides is 3. The smallest absolute Gasteiger partial charge is 0.240 e. The number of Topliss-reactive ketones (excluding diaryl/α,β-unsaturated/α-hetero) is 1. The van der Waals surface area contributed by atoms with Crippen LogP contribution in [0.4, 0.5) is 0 Å². The van der Waals surface area contributed by atoms with Crippen molar-refractivity contribution < 1.29 is 23.9 Å². The molecule has 12 heteroatoms. The van der Waals surface area contributed by atoms with E-state index in [0.29, 0.717) is 25.2 Å². The second-order valence-electron chi connectivity index (χ2n) is 13.4. The summed E-state index contributed by atoms with van der Waals surface area (Å²) in [6.45, 7) is 11.2. The number of nitrogens with zero attached hydrogens (tertiary/aromatic N) is 4. The van der Waals surface area contributed by atoms with Gasteiger partial charge in [-0.1, -0.05) is 0 Å². The van der Waals surface area contributed by atoms with Gasteiger partial charge in [-0.05, 0) is 121 Å². The van der Waals surface area contributed by atoms with Crippen LogP contribution in [-0.2, 0) is 23.9 Å². The van der Waals surface area contributed by atoms with E-state index in [2.05, 4.69) is 34.7 Å². The Morgan fingerprint density at radius 3 is 1.41 bits per heavy atom. The molecule has 0 aliphatic carbocycles. The molecule has 3 heterocycles. The van der Waals surface area contributed by atoms with Gasteiger partial charge in [0.05, 0.1) is 31.3 Å². The van der Waals surface area contributed by atoms with E-state index in [0.717, 1.165) is 70.9 Å². The van der Waals surface area contributed by atoms with Crippen LogP contribution in [0.2, 0.25) is 0 Å². The minimum Gasteiger partial charge on any atom is -0.383 e. The third kappa shape index (κ3) is 13.9. The summed E-state index contributed by atoms with van der Waals surface area (Å²) in [6, 6.07) is 0.796. The van der Waals surface area contributed by atoms with Gasteiger partial charge in [0.15, 0.2) is 0 Å². The Bertz CT molecular complexity index is 920. The van der Waals surface area contributed by atoms with E-state index in [1.165, 1.54) is 6.92 Å². The predicted octanol–water partition coefficient (Wildman–Crippen LogP) is 1.72. The summed E-state index contributed by atoms with van der Waals surface area (Å²) < 4.78 is 5.04. The number of likely N-dealkylation sites (tertiary alicyclic amines) is 3. The lowest BCUT2D eigenvalue weighted by atomic mass is 10.1. The van der Waals surface area contributed by atoms with Crippen LogP contribution < -0.4 is 16.0 Å². The first-order chi connectivity index (χ1) is 21.8. The first kappa shape index (κ1) is 41.9. The molecule has 0 bridgehead atoms. The topological polar surface area (TPSA) is 127 Å². The molecule has 46 heavy (non-hydrogen) atoms. The molecule has 0 spiro atoms. The zero-order valence-corrected chi connectivity index (χ0v) is 30.7. The lowest BCUT2D eigenvalue weighted by molar-refractivity contribution is -0.138. The Labute approximate surface area is 279 Å². The van der Waals surface area contributed by atoms with Crippen LogP contribution in [0.1, 0.15) is 85.5 Å². The van der Waals surface area contributed by atoms with E-state index in [9.17, 15) is 19.2 Å². The first-order valence-electron chi connectivity index (χ1n) is 17.4. The minimum absolute atomic E-state index is 0.00759. The van der Waals surface area contributed by atoms with Crippen molar-refractivity contribution in [3.8, 4) is 0 Å². The Morgan fingerprint density at radius 2 is 1.07 bits per heavy atom. The first-order valence-corrected chi connectivity index (χ1v) is 17.4. The van der Waals surface area contributed by atoms with Gasteiger partial charge in [0.1, 0.15) is 5.78 Å². The van der Waals surface area contributed by atoms with Crippen LogP contribution in [0.3, 0.4) is 0 Å². The average Bonchev–Trinajstić information content (AvgIpc) is 3.31. The molecule has 268 valence electrons. The largest absolute Gasteiger partial charge is 0.383 e. The van der Waals surface area contributed by atoms with Crippen molar-refractivity contribution in [1.82, 2.24) is 35.6 Å². The van der Waals surface area contributed by atoms with Gasteiger partial charge in [0.25, 0.3) is 0 Å². The Morgan fingerprint density at radius 1 is 0.696 bits per heavy atom. The Kier molecular flexibility index (Phi) is 20.5. The van der Waals surface area contributed by atoms with Crippen molar-refractivity contribution in [3.63, 3.8) is 0 Å². The van der Waals surface area contributed by atoms with Crippen LogP contribution in [0.25, 0.3) is 0 Å². The summed E-state index contributed by atoms with van der Waals surface area (Å²) >= 11 is 0. The van der Waals surface area contributed by atoms with Crippen LogP contribution >= 0.6 is 0 Å². The van der Waals surface area contributed by atoms with Gasteiger partial charge >= 0.3 is 0 Å². The van der Waals surface area contributed by atoms with Gasteiger partial charge in [0.2, 0.25) is 17.7 Å². The molecule has 3 amide bonds. The summed E-state index contributed by atoms with van der Waals surface area (Å²) in [6.07, 6.45) is 9.27. The van der Waals surface area contributed by atoms with Gasteiger partial charge in [-0.2, -0.15) is 0 Å². The van der Waals surface area contributed by atoms with Crippen molar-refractivity contribution in [3.05, 3.63) is 0 Å². The molecule has 0 saturated carbocycles. The Hall–Kier alpha value is -2.12. The third-order valence-corrected chi connectivity index (χ3v) is 9.45. The number of methoxy groups -OCH3 is 1. The normalized spacial score (nSPS) is 27.6. The average molecular weight is 654 g/mol. The maximum Gasteiger partial charge on any atom is 0.240 e. The SMILES string of the molecule is CNC1CCCC(C)N(CC(C)=O)C1=O.CNC1CCCC(C)N(CCN(C)C)C1=O.CNC1CCCC(C)N(CCOC)C1=O. The van der Waals surface area contributed by atoms with Crippen molar-refractivity contribution >= 4 is 23.5 Å². The standard InChI is InChI=1S/C12H25N3O.C11H22N2O2.C11H20N2O2/c1-10-6-5-7-11(13-2)12(16)15(10)9-8-14(3)4;1-9-5-4-6-10(12-2)11(14)13(9)7-8-15-3;1-8-5-4-6-10(12-3)11(15)13(8)7-9(2)14/h10-11,13H,5-9H2,1-4H3;9-10,12H,4-8H2,1-3H3;8,10,12H,4-7H2,1-3H3. The molecular formula is C34H67N7O5. The number of ketones is 1. The maximum absolute atomic E-state index is 12.2. The molecule has 0 aromatic rings. The Balaban J connectivity index is 0.000000345. The minimum atomic E-state index is -0.116. The molecule has 6 unspecified atom stereocenters. The highest BCUT2D eigenvalue weighted by molar-refractivity contribution is 5.88. The van der Waals surface area contributed by atoms with Crippen LogP contribution in [0.15, 0.2) is 0 Å². The quantitative estimate of drug-likeness (QED) is 0.306. The summed E-state index contributed by atoms with van der Waals surface area (Å²) in [5, 5.41) is 9.23. The molecule has 6 atom stereocenters. The van der Waals surface area contributed by atoms with Crippen molar-refractivity contribution in [2.45, 2.75) is 122 Å². The number of carbonyl (C=O) groups excluding carboxylic acids is 4. The monoisotopic (exact) mass is 654 g/mol. The van der Waals surface area contributed by atoms with E-state index in [1.807, 2.05) is 44.9 Å². The van der Waals surface area contributed by atoms with Crippen LogP contribution in [0, 0.1) is 0 Å². The molecule has 3 rings (SSSR count). The highest BCUT2D eigenvalue weighted by Gasteiger charge is 2.31. The van der Waals surface area contributed by atoms with Crippen LogP contribution in [-0.4, -0.2) is 154 Å². The summed E-state index contributed by atoms with van der Waals surface area (Å²) in [4.78, 5) is 55.3. The van der Waals surface area contributed by atoms with Crippen molar-refractivity contribution in [2.24, 2.45) is 0 Å². The van der Waals surface area contributed by atoms with Crippen molar-refractivity contribution in [2.75, 3.05) is 75.1 Å².